The molecule has 3 heteroatoms. The number of hydrogen-bond donors (Lipinski definition) is 1. The lowest BCUT2D eigenvalue weighted by atomic mass is 10.0. The first kappa shape index (κ1) is 20.9. The smallest absolute Gasteiger partial charge is 0.0116 e. The summed E-state index contributed by atoms with van der Waals surface area (Å²) in [6.07, 6.45) is 11.3. The third-order valence-electron chi connectivity index (χ3n) is 3.98. The fourth-order valence-electron chi connectivity index (χ4n) is 2.53. The number of nitrogens with two attached hydrogens (primary N) is 1. The van der Waals surface area contributed by atoms with Crippen molar-refractivity contribution in [3.63, 3.8) is 0 Å². The van der Waals surface area contributed by atoms with Crippen LogP contribution in [0.2, 0.25) is 0 Å². The van der Waals surface area contributed by atoms with Crippen LogP contribution in [-0.4, -0.2) is 6.04 Å². The molecule has 0 amide bonds. The molecule has 1 nitrogen and oxygen atoms in total. The maximum absolute atomic E-state index is 6.23. The molecule has 0 heterocycles. The summed E-state index contributed by atoms with van der Waals surface area (Å²) in [5, 5.41) is 4.38. The fraction of sp³-hybridized carbons (Fsp3) is 0.304. The van der Waals surface area contributed by atoms with Crippen molar-refractivity contribution in [3.8, 4) is 0 Å². The number of unbranched alkanes of at least 4 members (excludes halogenated alkanes) is 2. The lowest BCUT2D eigenvalue weighted by Crippen LogP contribution is -2.19. The molecule has 0 saturated carbocycles. The van der Waals surface area contributed by atoms with E-state index in [-0.39, 0.29) is 0 Å². The molecule has 138 valence electrons. The lowest BCUT2D eigenvalue weighted by molar-refractivity contribution is 0.532. The quantitative estimate of drug-likeness (QED) is 0.308. The van der Waals surface area contributed by atoms with Crippen LogP contribution >= 0.6 is 23.5 Å². The normalized spacial score (nSPS) is 11.8. The number of allylic oxidation sites excluding steroid dienone is 2. The summed E-state index contributed by atoms with van der Waals surface area (Å²) in [6, 6.07) is 21.3. The van der Waals surface area contributed by atoms with E-state index in [1.54, 1.807) is 23.5 Å². The van der Waals surface area contributed by atoms with Crippen LogP contribution in [0.1, 0.15) is 38.5 Å². The molecule has 0 spiro atoms. The van der Waals surface area contributed by atoms with E-state index in [1.165, 1.54) is 22.6 Å². The van der Waals surface area contributed by atoms with Gasteiger partial charge in [-0.15, -0.1) is 0 Å². The predicted octanol–water partition coefficient (Wildman–Crippen LogP) is 7.27. The summed E-state index contributed by atoms with van der Waals surface area (Å²) in [5.74, 6) is 0. The van der Waals surface area contributed by atoms with E-state index >= 15 is 0 Å². The molecule has 2 rings (SSSR count). The number of rotatable bonds is 12. The van der Waals surface area contributed by atoms with Gasteiger partial charge in [0, 0.05) is 15.8 Å². The number of benzene rings is 2. The Morgan fingerprint density at radius 2 is 1.12 bits per heavy atom. The molecule has 2 aromatic carbocycles. The van der Waals surface area contributed by atoms with Gasteiger partial charge < -0.3 is 5.73 Å². The lowest BCUT2D eigenvalue weighted by Gasteiger charge is -2.09. The van der Waals surface area contributed by atoms with Gasteiger partial charge in [0.15, 0.2) is 0 Å². The summed E-state index contributed by atoms with van der Waals surface area (Å²) in [4.78, 5) is 2.58. The molecule has 0 radical (unpaired) electrons. The maximum Gasteiger partial charge on any atom is 0.0116 e. The molecule has 0 aromatic heterocycles. The van der Waals surface area contributed by atoms with Gasteiger partial charge in [-0.2, -0.15) is 0 Å². The molecule has 26 heavy (non-hydrogen) atoms. The number of hydrogen-bond acceptors (Lipinski definition) is 3. The minimum Gasteiger partial charge on any atom is -0.328 e. The van der Waals surface area contributed by atoms with Gasteiger partial charge in [-0.25, -0.2) is 0 Å². The Kier molecular flexibility index (Phi) is 11.0. The van der Waals surface area contributed by atoms with Gasteiger partial charge in [-0.1, -0.05) is 72.1 Å². The Morgan fingerprint density at radius 1 is 0.692 bits per heavy atom. The van der Waals surface area contributed by atoms with Crippen LogP contribution in [0.5, 0.6) is 0 Å². The Hall–Kier alpha value is -1.42. The Balaban J connectivity index is 1.45. The molecule has 0 unspecified atom stereocenters. The van der Waals surface area contributed by atoms with Crippen molar-refractivity contribution in [1.29, 1.82) is 0 Å². The molecule has 0 atom stereocenters. The SMILES string of the molecule is NC(CCC/C=C/Sc1ccccc1)CCC/C=C/Sc1ccccc1. The molecule has 0 aliphatic carbocycles. The van der Waals surface area contributed by atoms with E-state index in [0.717, 1.165) is 25.7 Å². The van der Waals surface area contributed by atoms with Crippen LogP contribution in [0.4, 0.5) is 0 Å². The predicted molar refractivity (Wildman–Crippen MR) is 119 cm³/mol. The minimum atomic E-state index is 0.334. The third-order valence-corrected chi connectivity index (χ3v) is 5.72. The largest absolute Gasteiger partial charge is 0.328 e. The van der Waals surface area contributed by atoms with E-state index in [1.807, 2.05) is 12.1 Å². The van der Waals surface area contributed by atoms with E-state index < -0.39 is 0 Å². The van der Waals surface area contributed by atoms with Gasteiger partial charge >= 0.3 is 0 Å². The average Bonchev–Trinajstić information content (AvgIpc) is 2.69. The summed E-state index contributed by atoms with van der Waals surface area (Å²) in [7, 11) is 0. The van der Waals surface area contributed by atoms with Crippen LogP contribution in [0, 0.1) is 0 Å². The van der Waals surface area contributed by atoms with Crippen molar-refractivity contribution in [3.05, 3.63) is 83.6 Å². The van der Waals surface area contributed by atoms with Crippen LogP contribution in [-0.2, 0) is 0 Å². The second kappa shape index (κ2) is 13.7. The van der Waals surface area contributed by atoms with E-state index in [2.05, 4.69) is 71.5 Å². The monoisotopic (exact) mass is 383 g/mol. The summed E-state index contributed by atoms with van der Waals surface area (Å²) in [6.45, 7) is 0. The molecule has 0 bridgehead atoms. The highest BCUT2D eigenvalue weighted by molar-refractivity contribution is 8.02. The molecule has 0 fully saturated rings. The van der Waals surface area contributed by atoms with Gasteiger partial charge in [0.05, 0.1) is 0 Å². The van der Waals surface area contributed by atoms with E-state index in [9.17, 15) is 0 Å². The molecule has 0 saturated heterocycles. The topological polar surface area (TPSA) is 26.0 Å². The van der Waals surface area contributed by atoms with E-state index in [4.69, 9.17) is 5.73 Å². The minimum absolute atomic E-state index is 0.334. The van der Waals surface area contributed by atoms with Gasteiger partial charge in [-0.3, -0.25) is 0 Å². The average molecular weight is 384 g/mol. The van der Waals surface area contributed by atoms with Gasteiger partial charge in [0.25, 0.3) is 0 Å². The highest BCUT2D eigenvalue weighted by atomic mass is 32.2. The van der Waals surface area contributed by atoms with Gasteiger partial charge in [-0.05, 0) is 73.6 Å². The summed E-state index contributed by atoms with van der Waals surface area (Å²) >= 11 is 3.56. The first-order valence-corrected chi connectivity index (χ1v) is 11.1. The highest BCUT2D eigenvalue weighted by Crippen LogP contribution is 2.19. The standard InChI is InChI=1S/C23H29NS2/c24-21(13-5-3-11-19-25-22-15-7-1-8-16-22)14-6-4-12-20-26-23-17-9-2-10-18-23/h1-2,7-12,15-21H,3-6,13-14,24H2/b19-11+,20-12+. The Labute approximate surface area is 167 Å². The number of thioether (sulfide) groups is 2. The molecular formula is C23H29NS2. The molecular weight excluding hydrogens is 354 g/mol. The first-order chi connectivity index (χ1) is 12.8. The van der Waals surface area contributed by atoms with E-state index in [0.29, 0.717) is 6.04 Å². The Bertz CT molecular complexity index is 580. The molecule has 2 aromatic rings. The zero-order valence-electron chi connectivity index (χ0n) is 15.3. The molecule has 0 aliphatic heterocycles. The second-order valence-corrected chi connectivity index (χ2v) is 8.19. The first-order valence-electron chi connectivity index (χ1n) is 9.33. The van der Waals surface area contributed by atoms with Crippen molar-refractivity contribution >= 4 is 23.5 Å². The third kappa shape index (κ3) is 9.91. The van der Waals surface area contributed by atoms with Gasteiger partial charge in [0.2, 0.25) is 0 Å². The van der Waals surface area contributed by atoms with Gasteiger partial charge in [0.1, 0.15) is 0 Å². The van der Waals surface area contributed by atoms with Crippen molar-refractivity contribution in [2.45, 2.75) is 54.4 Å². The van der Waals surface area contributed by atoms with Crippen molar-refractivity contribution in [1.82, 2.24) is 0 Å². The highest BCUT2D eigenvalue weighted by Gasteiger charge is 2.00. The van der Waals surface area contributed by atoms with Crippen LogP contribution in [0.25, 0.3) is 0 Å². The molecule has 2 N–H and O–H groups in total. The Morgan fingerprint density at radius 3 is 1.54 bits per heavy atom. The molecule has 0 aliphatic rings. The second-order valence-electron chi connectivity index (χ2n) is 6.23. The van der Waals surface area contributed by atoms with Crippen LogP contribution in [0.3, 0.4) is 0 Å². The zero-order valence-corrected chi connectivity index (χ0v) is 16.9. The summed E-state index contributed by atoms with van der Waals surface area (Å²) in [5.41, 5.74) is 6.23. The zero-order chi connectivity index (χ0) is 18.3. The van der Waals surface area contributed by atoms with Crippen molar-refractivity contribution < 1.29 is 0 Å². The van der Waals surface area contributed by atoms with Crippen molar-refractivity contribution in [2.24, 2.45) is 5.73 Å². The van der Waals surface area contributed by atoms with Crippen molar-refractivity contribution in [2.75, 3.05) is 0 Å². The van der Waals surface area contributed by atoms with Crippen LogP contribution in [0.15, 0.2) is 93.4 Å². The maximum atomic E-state index is 6.23. The fourth-order valence-corrected chi connectivity index (χ4v) is 3.94. The summed E-state index contributed by atoms with van der Waals surface area (Å²) < 4.78 is 0. The van der Waals surface area contributed by atoms with Crippen LogP contribution < -0.4 is 5.73 Å².